The maximum Gasteiger partial charge on any atom is 0.159 e. The average molecular weight is 258 g/mol. The second-order valence-electron chi connectivity index (χ2n) is 3.29. The third kappa shape index (κ3) is 3.50. The summed E-state index contributed by atoms with van der Waals surface area (Å²) >= 11 is 1.92. The van der Waals surface area contributed by atoms with Gasteiger partial charge in [-0.2, -0.15) is 0 Å². The van der Waals surface area contributed by atoms with Gasteiger partial charge < -0.3 is 10.2 Å². The first-order chi connectivity index (χ1) is 5.86. The van der Waals surface area contributed by atoms with Gasteiger partial charge in [0.25, 0.3) is 0 Å². The molecule has 14 heavy (non-hydrogen) atoms. The van der Waals surface area contributed by atoms with Gasteiger partial charge in [0.15, 0.2) is 5.17 Å². The van der Waals surface area contributed by atoms with Crippen LogP contribution in [0.3, 0.4) is 0 Å². The third-order valence-corrected chi connectivity index (χ3v) is 3.33. The topological polar surface area (TPSA) is 27.6 Å². The molecule has 3 nitrogen and oxygen atoms in total. The van der Waals surface area contributed by atoms with E-state index in [0.29, 0.717) is 5.25 Å². The van der Waals surface area contributed by atoms with Crippen LogP contribution in [0.1, 0.15) is 6.92 Å². The van der Waals surface area contributed by atoms with Crippen LogP contribution in [0.25, 0.3) is 0 Å². The molecule has 0 aromatic carbocycles. The number of piperazine rings is 1. The summed E-state index contributed by atoms with van der Waals surface area (Å²) in [5, 5.41) is 5.30. The number of hydrogen-bond acceptors (Lipinski definition) is 4. The van der Waals surface area contributed by atoms with Crippen molar-refractivity contribution in [3.63, 3.8) is 0 Å². The van der Waals surface area contributed by atoms with Crippen LogP contribution < -0.4 is 5.32 Å². The summed E-state index contributed by atoms with van der Waals surface area (Å²) in [4.78, 5) is 6.91. The lowest BCUT2D eigenvalue weighted by molar-refractivity contribution is 0.363. The van der Waals surface area contributed by atoms with Crippen molar-refractivity contribution < 1.29 is 0 Å². The maximum atomic E-state index is 4.52. The number of amidine groups is 1. The third-order valence-electron chi connectivity index (χ3n) is 2.18. The molecule has 1 N–H and O–H groups in total. The highest BCUT2D eigenvalue weighted by molar-refractivity contribution is 8.14. The van der Waals surface area contributed by atoms with Gasteiger partial charge in [-0.25, -0.2) is 0 Å². The maximum absolute atomic E-state index is 4.52. The van der Waals surface area contributed by atoms with E-state index >= 15 is 0 Å². The Labute approximate surface area is 102 Å². The van der Waals surface area contributed by atoms with Crippen LogP contribution >= 0.6 is 36.6 Å². The van der Waals surface area contributed by atoms with E-state index in [1.807, 2.05) is 11.8 Å². The lowest BCUT2D eigenvalue weighted by atomic mass is 10.4. The van der Waals surface area contributed by atoms with E-state index in [9.17, 15) is 0 Å². The van der Waals surface area contributed by atoms with E-state index in [1.54, 1.807) is 0 Å². The SMILES string of the molecule is CC1CN=C(N2CCNCC2)S1.Cl.Cl. The molecule has 2 aliphatic rings. The zero-order valence-corrected chi connectivity index (χ0v) is 10.7. The predicted molar refractivity (Wildman–Crippen MR) is 68.3 cm³/mol. The quantitative estimate of drug-likeness (QED) is 0.708. The molecule has 0 radical (unpaired) electrons. The zero-order valence-electron chi connectivity index (χ0n) is 8.23. The Morgan fingerprint density at radius 2 is 2.00 bits per heavy atom. The molecule has 0 aliphatic carbocycles. The van der Waals surface area contributed by atoms with Crippen LogP contribution in [-0.4, -0.2) is 48.0 Å². The van der Waals surface area contributed by atoms with Crippen LogP contribution in [0, 0.1) is 0 Å². The molecule has 1 atom stereocenters. The van der Waals surface area contributed by atoms with Gasteiger partial charge in [-0.1, -0.05) is 18.7 Å². The minimum Gasteiger partial charge on any atom is -0.349 e. The van der Waals surface area contributed by atoms with Gasteiger partial charge in [-0.15, -0.1) is 24.8 Å². The lowest BCUT2D eigenvalue weighted by Gasteiger charge is -2.28. The first-order valence-electron chi connectivity index (χ1n) is 4.53. The van der Waals surface area contributed by atoms with E-state index in [4.69, 9.17) is 0 Å². The normalized spacial score (nSPS) is 26.2. The number of hydrogen-bond donors (Lipinski definition) is 1. The van der Waals surface area contributed by atoms with E-state index in [-0.39, 0.29) is 24.8 Å². The molecule has 1 saturated heterocycles. The molecule has 84 valence electrons. The Balaban J connectivity index is 0.000000845. The first-order valence-corrected chi connectivity index (χ1v) is 5.41. The minimum atomic E-state index is 0. The summed E-state index contributed by atoms with van der Waals surface area (Å²) in [6.45, 7) is 7.70. The smallest absolute Gasteiger partial charge is 0.159 e. The second kappa shape index (κ2) is 6.77. The molecular formula is C8H17Cl2N3S. The molecule has 1 fully saturated rings. The number of aliphatic imine (C=N–C) groups is 1. The number of nitrogens with one attached hydrogen (secondary N) is 1. The summed E-state index contributed by atoms with van der Waals surface area (Å²) in [7, 11) is 0. The van der Waals surface area contributed by atoms with Gasteiger partial charge in [0.2, 0.25) is 0 Å². The van der Waals surface area contributed by atoms with Crippen LogP contribution in [0.15, 0.2) is 4.99 Å². The van der Waals surface area contributed by atoms with Crippen LogP contribution in [0.2, 0.25) is 0 Å². The minimum absolute atomic E-state index is 0. The Bertz CT molecular complexity index is 195. The van der Waals surface area contributed by atoms with Crippen molar-refractivity contribution in [3.05, 3.63) is 0 Å². The number of halogens is 2. The van der Waals surface area contributed by atoms with Gasteiger partial charge >= 0.3 is 0 Å². The van der Waals surface area contributed by atoms with Crippen LogP contribution in [0.4, 0.5) is 0 Å². The van der Waals surface area contributed by atoms with Crippen molar-refractivity contribution in [1.29, 1.82) is 0 Å². The summed E-state index contributed by atoms with van der Waals surface area (Å²) < 4.78 is 0. The van der Waals surface area contributed by atoms with E-state index < -0.39 is 0 Å². The monoisotopic (exact) mass is 257 g/mol. The zero-order chi connectivity index (χ0) is 8.39. The van der Waals surface area contributed by atoms with E-state index in [2.05, 4.69) is 22.1 Å². The number of thioether (sulfide) groups is 1. The standard InChI is InChI=1S/C8H15N3S.2ClH/c1-7-6-10-8(12-7)11-4-2-9-3-5-11;;/h7,9H,2-6H2,1H3;2*1H. The van der Waals surface area contributed by atoms with Gasteiger partial charge in [-0.05, 0) is 0 Å². The molecule has 0 aromatic rings. The molecule has 0 bridgehead atoms. The number of nitrogens with zero attached hydrogens (tertiary/aromatic N) is 2. The van der Waals surface area contributed by atoms with Crippen LogP contribution in [0.5, 0.6) is 0 Å². The first kappa shape index (κ1) is 14.4. The molecular weight excluding hydrogens is 241 g/mol. The molecule has 0 amide bonds. The summed E-state index contributed by atoms with van der Waals surface area (Å²) in [6, 6.07) is 0. The lowest BCUT2D eigenvalue weighted by Crippen LogP contribution is -2.45. The average Bonchev–Trinajstić information content (AvgIpc) is 2.54. The van der Waals surface area contributed by atoms with Crippen molar-refractivity contribution in [1.82, 2.24) is 10.2 Å². The Morgan fingerprint density at radius 1 is 1.36 bits per heavy atom. The molecule has 6 heteroatoms. The van der Waals surface area contributed by atoms with Gasteiger partial charge in [0.1, 0.15) is 0 Å². The molecule has 1 unspecified atom stereocenters. The van der Waals surface area contributed by atoms with Crippen molar-refractivity contribution >= 4 is 41.7 Å². The largest absolute Gasteiger partial charge is 0.349 e. The molecule has 2 rings (SSSR count). The van der Waals surface area contributed by atoms with Crippen molar-refractivity contribution in [2.24, 2.45) is 4.99 Å². The van der Waals surface area contributed by atoms with Crippen LogP contribution in [-0.2, 0) is 0 Å². The van der Waals surface area contributed by atoms with E-state index in [0.717, 1.165) is 32.7 Å². The Hall–Kier alpha value is 0.360. The molecule has 2 heterocycles. The molecule has 0 saturated carbocycles. The number of rotatable bonds is 0. The molecule has 0 aromatic heterocycles. The Kier molecular flexibility index (Phi) is 6.95. The van der Waals surface area contributed by atoms with Crippen molar-refractivity contribution in [2.45, 2.75) is 12.2 Å². The fourth-order valence-corrected chi connectivity index (χ4v) is 2.48. The highest BCUT2D eigenvalue weighted by Gasteiger charge is 2.21. The fourth-order valence-electron chi connectivity index (χ4n) is 1.49. The second-order valence-corrected chi connectivity index (χ2v) is 4.69. The van der Waals surface area contributed by atoms with Crippen molar-refractivity contribution in [3.8, 4) is 0 Å². The van der Waals surface area contributed by atoms with Crippen molar-refractivity contribution in [2.75, 3.05) is 32.7 Å². The predicted octanol–water partition coefficient (Wildman–Crippen LogP) is 1.23. The summed E-state index contributed by atoms with van der Waals surface area (Å²) in [5.41, 5.74) is 0. The Morgan fingerprint density at radius 3 is 2.50 bits per heavy atom. The highest BCUT2D eigenvalue weighted by Crippen LogP contribution is 2.22. The molecule has 0 spiro atoms. The van der Waals surface area contributed by atoms with Gasteiger partial charge in [0.05, 0.1) is 6.54 Å². The van der Waals surface area contributed by atoms with E-state index in [1.165, 1.54) is 5.17 Å². The summed E-state index contributed by atoms with van der Waals surface area (Å²) in [5.74, 6) is 0. The summed E-state index contributed by atoms with van der Waals surface area (Å²) in [6.07, 6.45) is 0. The van der Waals surface area contributed by atoms with Gasteiger partial charge in [0, 0.05) is 31.4 Å². The highest BCUT2D eigenvalue weighted by atomic mass is 35.5. The fraction of sp³-hybridized carbons (Fsp3) is 0.875. The van der Waals surface area contributed by atoms with Gasteiger partial charge in [-0.3, -0.25) is 4.99 Å². The molecule has 2 aliphatic heterocycles.